The summed E-state index contributed by atoms with van der Waals surface area (Å²) in [5, 5.41) is 19.5. The summed E-state index contributed by atoms with van der Waals surface area (Å²) < 4.78 is 5.28. The maximum Gasteiger partial charge on any atom is 0.354 e. The third kappa shape index (κ3) is 2.86. The number of benzene rings is 1. The Kier molecular flexibility index (Phi) is 3.56. The normalized spacial score (nSPS) is 10.1. The number of nitro benzene ring substituents is 1. The highest BCUT2D eigenvalue weighted by molar-refractivity contribution is 5.85. The quantitative estimate of drug-likeness (QED) is 0.671. The zero-order valence-electron chi connectivity index (χ0n) is 10.3. The van der Waals surface area contributed by atoms with Crippen LogP contribution in [-0.2, 0) is 0 Å². The molecule has 102 valence electrons. The van der Waals surface area contributed by atoms with Crippen LogP contribution in [0, 0.1) is 17.0 Å². The number of aromatic carboxylic acids is 1. The molecule has 0 unspecified atom stereocenters. The molecule has 2 aromatic rings. The molecule has 0 radical (unpaired) electrons. The zero-order valence-corrected chi connectivity index (χ0v) is 10.3. The van der Waals surface area contributed by atoms with E-state index in [9.17, 15) is 14.9 Å². The van der Waals surface area contributed by atoms with Gasteiger partial charge in [-0.3, -0.25) is 10.1 Å². The molecule has 0 fully saturated rings. The van der Waals surface area contributed by atoms with Crippen molar-refractivity contribution in [3.8, 4) is 11.8 Å². The van der Waals surface area contributed by atoms with Crippen molar-refractivity contribution in [2.75, 3.05) is 0 Å². The minimum atomic E-state index is -1.20. The van der Waals surface area contributed by atoms with Crippen molar-refractivity contribution in [1.29, 1.82) is 0 Å². The highest BCUT2D eigenvalue weighted by Crippen LogP contribution is 2.25. The van der Waals surface area contributed by atoms with E-state index < -0.39 is 10.9 Å². The third-order valence-corrected chi connectivity index (χ3v) is 2.43. The van der Waals surface area contributed by atoms with Gasteiger partial charge in [-0.25, -0.2) is 9.78 Å². The molecule has 0 spiro atoms. The smallest absolute Gasteiger partial charge is 0.354 e. The average Bonchev–Trinajstić information content (AvgIpc) is 2.38. The van der Waals surface area contributed by atoms with Gasteiger partial charge in [-0.05, 0) is 25.1 Å². The number of nitrogens with zero attached hydrogens (tertiary/aromatic N) is 3. The Bertz CT molecular complexity index is 687. The molecule has 2 rings (SSSR count). The van der Waals surface area contributed by atoms with Crippen LogP contribution < -0.4 is 4.74 Å². The summed E-state index contributed by atoms with van der Waals surface area (Å²) in [7, 11) is 0. The SMILES string of the molecule is Cc1cc(Oc2nccc(C(=O)O)n2)ccc1[N+](=O)[O-]. The summed E-state index contributed by atoms with van der Waals surface area (Å²) in [5.74, 6) is -0.909. The van der Waals surface area contributed by atoms with Gasteiger partial charge in [0.25, 0.3) is 5.69 Å². The van der Waals surface area contributed by atoms with Crippen LogP contribution in [0.5, 0.6) is 11.8 Å². The van der Waals surface area contributed by atoms with E-state index in [1.54, 1.807) is 6.92 Å². The van der Waals surface area contributed by atoms with E-state index >= 15 is 0 Å². The van der Waals surface area contributed by atoms with E-state index in [2.05, 4.69) is 9.97 Å². The van der Waals surface area contributed by atoms with Gasteiger partial charge in [-0.1, -0.05) is 0 Å². The molecule has 1 aromatic heterocycles. The second-order valence-corrected chi connectivity index (χ2v) is 3.84. The van der Waals surface area contributed by atoms with Crippen LogP contribution in [0.1, 0.15) is 16.1 Å². The van der Waals surface area contributed by atoms with E-state index in [-0.39, 0.29) is 23.1 Å². The van der Waals surface area contributed by atoms with Gasteiger partial charge in [-0.2, -0.15) is 4.98 Å². The summed E-state index contributed by atoms with van der Waals surface area (Å²) in [6, 6.07) is 5.23. The number of hydrogen-bond acceptors (Lipinski definition) is 6. The number of aryl methyl sites for hydroxylation is 1. The van der Waals surface area contributed by atoms with Crippen LogP contribution in [0.15, 0.2) is 30.5 Å². The second-order valence-electron chi connectivity index (χ2n) is 3.84. The van der Waals surface area contributed by atoms with Crippen LogP contribution in [-0.4, -0.2) is 26.0 Å². The Balaban J connectivity index is 2.26. The highest BCUT2D eigenvalue weighted by Gasteiger charge is 2.12. The minimum absolute atomic E-state index is 0.0300. The van der Waals surface area contributed by atoms with Crippen LogP contribution in [0.4, 0.5) is 5.69 Å². The van der Waals surface area contributed by atoms with Crippen molar-refractivity contribution >= 4 is 11.7 Å². The second kappa shape index (κ2) is 5.31. The predicted octanol–water partition coefficient (Wildman–Crippen LogP) is 2.18. The Morgan fingerprint density at radius 1 is 1.40 bits per heavy atom. The van der Waals surface area contributed by atoms with Crippen LogP contribution in [0.25, 0.3) is 0 Å². The molecule has 8 nitrogen and oxygen atoms in total. The van der Waals surface area contributed by atoms with Gasteiger partial charge in [0.1, 0.15) is 5.75 Å². The molecule has 0 bridgehead atoms. The highest BCUT2D eigenvalue weighted by atomic mass is 16.6. The lowest BCUT2D eigenvalue weighted by Crippen LogP contribution is -2.02. The Hall–Kier alpha value is -3.03. The van der Waals surface area contributed by atoms with Gasteiger partial charge in [0.05, 0.1) is 4.92 Å². The molecule has 0 amide bonds. The molecule has 1 N–H and O–H groups in total. The van der Waals surface area contributed by atoms with Crippen molar-refractivity contribution < 1.29 is 19.6 Å². The largest absolute Gasteiger partial charge is 0.477 e. The maximum atomic E-state index is 10.8. The first-order valence-electron chi connectivity index (χ1n) is 5.46. The van der Waals surface area contributed by atoms with Crippen molar-refractivity contribution in [1.82, 2.24) is 9.97 Å². The molecule has 0 aliphatic carbocycles. The lowest BCUT2D eigenvalue weighted by atomic mass is 10.2. The van der Waals surface area contributed by atoms with Crippen molar-refractivity contribution in [3.63, 3.8) is 0 Å². The van der Waals surface area contributed by atoms with Crippen LogP contribution >= 0.6 is 0 Å². The Morgan fingerprint density at radius 2 is 2.15 bits per heavy atom. The van der Waals surface area contributed by atoms with Gasteiger partial charge in [0.2, 0.25) is 0 Å². The average molecular weight is 275 g/mol. The van der Waals surface area contributed by atoms with Crippen molar-refractivity contribution in [3.05, 3.63) is 51.8 Å². The number of nitro groups is 1. The molecule has 1 aromatic carbocycles. The number of carbonyl (C=O) groups is 1. The van der Waals surface area contributed by atoms with E-state index in [1.165, 1.54) is 30.5 Å². The Morgan fingerprint density at radius 3 is 2.75 bits per heavy atom. The number of carboxylic acid groups (broad SMARTS) is 1. The Labute approximate surface area is 112 Å². The first-order valence-corrected chi connectivity index (χ1v) is 5.46. The molecule has 8 heteroatoms. The fraction of sp³-hybridized carbons (Fsp3) is 0.0833. The number of hydrogen-bond donors (Lipinski definition) is 1. The van der Waals surface area contributed by atoms with Gasteiger partial charge >= 0.3 is 12.0 Å². The lowest BCUT2D eigenvalue weighted by molar-refractivity contribution is -0.385. The predicted molar refractivity (Wildman–Crippen MR) is 66.9 cm³/mol. The fourth-order valence-corrected chi connectivity index (χ4v) is 1.51. The molecule has 0 atom stereocenters. The summed E-state index contributed by atoms with van der Waals surface area (Å²) in [6.45, 7) is 1.57. The molecular weight excluding hydrogens is 266 g/mol. The summed E-state index contributed by atoms with van der Waals surface area (Å²) in [5.41, 5.74) is 0.188. The monoisotopic (exact) mass is 275 g/mol. The number of aromatic nitrogens is 2. The molecule has 20 heavy (non-hydrogen) atoms. The number of rotatable bonds is 4. The van der Waals surface area contributed by atoms with Crippen LogP contribution in [0.2, 0.25) is 0 Å². The molecular formula is C12H9N3O5. The number of carboxylic acids is 1. The molecule has 1 heterocycles. The molecule has 0 saturated carbocycles. The first-order chi connectivity index (χ1) is 9.47. The van der Waals surface area contributed by atoms with Crippen molar-refractivity contribution in [2.24, 2.45) is 0 Å². The maximum absolute atomic E-state index is 10.8. The topological polar surface area (TPSA) is 115 Å². The van der Waals surface area contributed by atoms with E-state index in [0.717, 1.165) is 0 Å². The fourth-order valence-electron chi connectivity index (χ4n) is 1.51. The summed E-state index contributed by atoms with van der Waals surface area (Å²) in [6.07, 6.45) is 1.25. The van der Waals surface area contributed by atoms with E-state index in [1.807, 2.05) is 0 Å². The molecule has 0 aliphatic heterocycles. The molecule has 0 saturated heterocycles. The van der Waals surface area contributed by atoms with Gasteiger partial charge in [0, 0.05) is 17.8 Å². The van der Waals surface area contributed by atoms with Gasteiger partial charge < -0.3 is 9.84 Å². The number of ether oxygens (including phenoxy) is 1. The third-order valence-electron chi connectivity index (χ3n) is 2.43. The van der Waals surface area contributed by atoms with Gasteiger partial charge in [-0.15, -0.1) is 0 Å². The minimum Gasteiger partial charge on any atom is -0.477 e. The standard InChI is InChI=1S/C12H9N3O5/c1-7-6-8(2-3-10(7)15(18)19)20-12-13-5-4-9(14-12)11(16)17/h2-6H,1H3,(H,16,17). The molecule has 0 aliphatic rings. The van der Waals surface area contributed by atoms with E-state index in [4.69, 9.17) is 9.84 Å². The first kappa shape index (κ1) is 13.4. The van der Waals surface area contributed by atoms with Crippen molar-refractivity contribution in [2.45, 2.75) is 6.92 Å². The van der Waals surface area contributed by atoms with E-state index in [0.29, 0.717) is 5.56 Å². The van der Waals surface area contributed by atoms with Gasteiger partial charge in [0.15, 0.2) is 5.69 Å². The van der Waals surface area contributed by atoms with Crippen LogP contribution in [0.3, 0.4) is 0 Å². The summed E-state index contributed by atoms with van der Waals surface area (Å²) in [4.78, 5) is 28.4. The summed E-state index contributed by atoms with van der Waals surface area (Å²) >= 11 is 0. The lowest BCUT2D eigenvalue weighted by Gasteiger charge is -2.05. The zero-order chi connectivity index (χ0) is 14.7.